The van der Waals surface area contributed by atoms with Crippen LogP contribution in [-0.2, 0) is 19.3 Å². The van der Waals surface area contributed by atoms with Crippen LogP contribution in [0.1, 0.15) is 48.2 Å². The molecule has 0 amide bonds. The van der Waals surface area contributed by atoms with Crippen molar-refractivity contribution in [1.82, 2.24) is 10.2 Å². The molecule has 1 heterocycles. The van der Waals surface area contributed by atoms with E-state index in [9.17, 15) is 0 Å². The van der Waals surface area contributed by atoms with Crippen molar-refractivity contribution in [2.24, 2.45) is 0 Å². The van der Waals surface area contributed by atoms with Gasteiger partial charge in [0.05, 0.1) is 6.42 Å². The second-order valence-electron chi connectivity index (χ2n) is 6.25. The molecule has 0 radical (unpaired) electrons. The van der Waals surface area contributed by atoms with Crippen molar-refractivity contribution in [3.05, 3.63) is 81.5 Å². The van der Waals surface area contributed by atoms with E-state index in [0.29, 0.717) is 24.1 Å². The van der Waals surface area contributed by atoms with Crippen molar-refractivity contribution < 1.29 is 4.42 Å². The Hall–Kier alpha value is -1.94. The van der Waals surface area contributed by atoms with Crippen LogP contribution in [0.3, 0.4) is 0 Å². The van der Waals surface area contributed by atoms with Crippen LogP contribution in [0.15, 0.2) is 57.4 Å². The quantitative estimate of drug-likeness (QED) is 0.576. The number of aryl methyl sites for hydroxylation is 2. The molecule has 0 saturated heterocycles. The standard InChI is InChI=1S/C20H21BrN2O/c1-14(2)18-6-4-3-5-16(18)9-12-19-22-23-20(24-19)13-15-7-10-17(21)11-8-15/h3-8,10-11,14H,9,12-13H2,1-2H3. The summed E-state index contributed by atoms with van der Waals surface area (Å²) in [5.74, 6) is 1.90. The zero-order valence-corrected chi connectivity index (χ0v) is 15.6. The van der Waals surface area contributed by atoms with Crippen molar-refractivity contribution in [2.75, 3.05) is 0 Å². The molecule has 3 rings (SSSR count). The highest BCUT2D eigenvalue weighted by Crippen LogP contribution is 2.21. The molecule has 3 aromatic rings. The average molecular weight is 385 g/mol. The maximum atomic E-state index is 5.81. The Balaban J connectivity index is 1.63. The predicted molar refractivity (Wildman–Crippen MR) is 99.2 cm³/mol. The van der Waals surface area contributed by atoms with Crippen LogP contribution in [0.2, 0.25) is 0 Å². The largest absolute Gasteiger partial charge is 0.425 e. The van der Waals surface area contributed by atoms with E-state index in [0.717, 1.165) is 17.3 Å². The molecule has 0 aliphatic rings. The molecule has 124 valence electrons. The number of nitrogens with zero attached hydrogens (tertiary/aromatic N) is 2. The zero-order valence-electron chi connectivity index (χ0n) is 14.0. The van der Waals surface area contributed by atoms with Gasteiger partial charge in [0.15, 0.2) is 0 Å². The van der Waals surface area contributed by atoms with Crippen LogP contribution in [0, 0.1) is 0 Å². The van der Waals surface area contributed by atoms with Gasteiger partial charge in [-0.15, -0.1) is 10.2 Å². The number of benzene rings is 2. The van der Waals surface area contributed by atoms with Crippen molar-refractivity contribution in [3.8, 4) is 0 Å². The maximum absolute atomic E-state index is 5.81. The lowest BCUT2D eigenvalue weighted by atomic mass is 9.94. The molecule has 0 saturated carbocycles. The molecule has 0 bridgehead atoms. The fourth-order valence-corrected chi connectivity index (χ4v) is 3.07. The van der Waals surface area contributed by atoms with Gasteiger partial charge in [-0.05, 0) is 41.2 Å². The Morgan fingerprint density at radius 1 is 0.917 bits per heavy atom. The van der Waals surface area contributed by atoms with E-state index in [2.05, 4.69) is 76.4 Å². The van der Waals surface area contributed by atoms with Gasteiger partial charge >= 0.3 is 0 Å². The smallest absolute Gasteiger partial charge is 0.220 e. The highest BCUT2D eigenvalue weighted by Gasteiger charge is 2.10. The molecule has 1 aromatic heterocycles. The minimum absolute atomic E-state index is 0.525. The number of aromatic nitrogens is 2. The molecular weight excluding hydrogens is 364 g/mol. The molecule has 0 fully saturated rings. The third-order valence-electron chi connectivity index (χ3n) is 4.06. The van der Waals surface area contributed by atoms with Gasteiger partial charge in [0.1, 0.15) is 0 Å². The first kappa shape index (κ1) is 16.9. The third-order valence-corrected chi connectivity index (χ3v) is 4.59. The summed E-state index contributed by atoms with van der Waals surface area (Å²) in [5.41, 5.74) is 3.92. The summed E-state index contributed by atoms with van der Waals surface area (Å²) in [6, 6.07) is 16.8. The van der Waals surface area contributed by atoms with Gasteiger partial charge in [-0.25, -0.2) is 0 Å². The summed E-state index contributed by atoms with van der Waals surface area (Å²) in [6.07, 6.45) is 2.37. The Morgan fingerprint density at radius 3 is 2.38 bits per heavy atom. The topological polar surface area (TPSA) is 38.9 Å². The third kappa shape index (κ3) is 4.32. The first-order valence-corrected chi connectivity index (χ1v) is 9.04. The molecule has 0 aliphatic carbocycles. The van der Waals surface area contributed by atoms with Crippen LogP contribution in [0.25, 0.3) is 0 Å². The SMILES string of the molecule is CC(C)c1ccccc1CCc1nnc(Cc2ccc(Br)cc2)o1. The van der Waals surface area contributed by atoms with Crippen molar-refractivity contribution in [1.29, 1.82) is 0 Å². The fourth-order valence-electron chi connectivity index (χ4n) is 2.80. The molecule has 0 aliphatic heterocycles. The molecular formula is C20H21BrN2O. The normalized spacial score (nSPS) is 11.2. The number of hydrogen-bond donors (Lipinski definition) is 0. The van der Waals surface area contributed by atoms with Gasteiger partial charge < -0.3 is 4.42 Å². The Bertz CT molecular complexity index is 793. The lowest BCUT2D eigenvalue weighted by Gasteiger charge is -2.11. The highest BCUT2D eigenvalue weighted by molar-refractivity contribution is 9.10. The van der Waals surface area contributed by atoms with E-state index in [1.165, 1.54) is 16.7 Å². The van der Waals surface area contributed by atoms with Gasteiger partial charge in [0, 0.05) is 10.9 Å². The predicted octanol–water partition coefficient (Wildman–Crippen LogP) is 5.33. The van der Waals surface area contributed by atoms with Gasteiger partial charge in [0.25, 0.3) is 0 Å². The number of hydrogen-bond acceptors (Lipinski definition) is 3. The van der Waals surface area contributed by atoms with Gasteiger partial charge in [-0.1, -0.05) is 66.2 Å². The molecule has 0 N–H and O–H groups in total. The second-order valence-corrected chi connectivity index (χ2v) is 7.16. The van der Waals surface area contributed by atoms with E-state index in [1.807, 2.05) is 12.1 Å². The van der Waals surface area contributed by atoms with E-state index < -0.39 is 0 Å². The Morgan fingerprint density at radius 2 is 1.62 bits per heavy atom. The zero-order chi connectivity index (χ0) is 16.9. The molecule has 0 atom stereocenters. The van der Waals surface area contributed by atoms with Crippen LogP contribution in [-0.4, -0.2) is 10.2 Å². The minimum atomic E-state index is 0.525. The first-order valence-electron chi connectivity index (χ1n) is 8.25. The van der Waals surface area contributed by atoms with Crippen LogP contribution >= 0.6 is 15.9 Å². The highest BCUT2D eigenvalue weighted by atomic mass is 79.9. The summed E-state index contributed by atoms with van der Waals surface area (Å²) < 4.78 is 6.88. The van der Waals surface area contributed by atoms with Crippen LogP contribution in [0.5, 0.6) is 0 Å². The fraction of sp³-hybridized carbons (Fsp3) is 0.300. The monoisotopic (exact) mass is 384 g/mol. The maximum Gasteiger partial charge on any atom is 0.220 e. The van der Waals surface area contributed by atoms with Gasteiger partial charge in [0.2, 0.25) is 11.8 Å². The van der Waals surface area contributed by atoms with E-state index in [1.54, 1.807) is 0 Å². The van der Waals surface area contributed by atoms with E-state index in [4.69, 9.17) is 4.42 Å². The molecule has 0 unspecified atom stereocenters. The van der Waals surface area contributed by atoms with Crippen molar-refractivity contribution in [3.63, 3.8) is 0 Å². The average Bonchev–Trinajstić information content (AvgIpc) is 3.03. The summed E-state index contributed by atoms with van der Waals surface area (Å²) in [6.45, 7) is 4.45. The first-order chi connectivity index (χ1) is 11.6. The number of rotatable bonds is 6. The summed E-state index contributed by atoms with van der Waals surface area (Å²) in [4.78, 5) is 0. The molecule has 24 heavy (non-hydrogen) atoms. The number of halogens is 1. The lowest BCUT2D eigenvalue weighted by molar-refractivity contribution is 0.456. The molecule has 0 spiro atoms. The van der Waals surface area contributed by atoms with Crippen molar-refractivity contribution in [2.45, 2.75) is 39.0 Å². The molecule has 2 aromatic carbocycles. The summed E-state index contributed by atoms with van der Waals surface area (Å²) in [5, 5.41) is 8.37. The van der Waals surface area contributed by atoms with Crippen LogP contribution < -0.4 is 0 Å². The van der Waals surface area contributed by atoms with Crippen LogP contribution in [0.4, 0.5) is 0 Å². The Kier molecular flexibility index (Phi) is 5.46. The summed E-state index contributed by atoms with van der Waals surface area (Å²) in [7, 11) is 0. The Labute approximate surface area is 151 Å². The van der Waals surface area contributed by atoms with Gasteiger partial charge in [-0.3, -0.25) is 0 Å². The van der Waals surface area contributed by atoms with E-state index >= 15 is 0 Å². The molecule has 3 nitrogen and oxygen atoms in total. The van der Waals surface area contributed by atoms with E-state index in [-0.39, 0.29) is 0 Å². The molecule has 4 heteroatoms. The minimum Gasteiger partial charge on any atom is -0.425 e. The van der Waals surface area contributed by atoms with Gasteiger partial charge in [-0.2, -0.15) is 0 Å². The second kappa shape index (κ2) is 7.75. The lowest BCUT2D eigenvalue weighted by Crippen LogP contribution is -1.98. The van der Waals surface area contributed by atoms with Crippen molar-refractivity contribution >= 4 is 15.9 Å². The summed E-state index contributed by atoms with van der Waals surface area (Å²) >= 11 is 3.44.